The van der Waals surface area contributed by atoms with Crippen LogP contribution in [0.15, 0.2) is 23.0 Å². The van der Waals surface area contributed by atoms with Gasteiger partial charge in [-0.25, -0.2) is 4.79 Å². The van der Waals surface area contributed by atoms with Gasteiger partial charge in [-0.05, 0) is 6.07 Å². The molecule has 0 radical (unpaired) electrons. The lowest BCUT2D eigenvalue weighted by molar-refractivity contribution is -0.120. The molecule has 0 fully saturated rings. The number of para-hydroxylation sites is 1. The number of hydrogen-bond donors (Lipinski definition) is 3. The number of aliphatic hydroxyl groups is 1. The summed E-state index contributed by atoms with van der Waals surface area (Å²) in [7, 11) is 0. The second kappa shape index (κ2) is 4.40. The Hall–Kier alpha value is -1.79. The lowest BCUT2D eigenvalue weighted by Crippen LogP contribution is -2.42. The number of nitrogens with zero attached hydrogens (tertiary/aromatic N) is 1. The van der Waals surface area contributed by atoms with Crippen LogP contribution >= 0.6 is 11.6 Å². The van der Waals surface area contributed by atoms with Crippen molar-refractivity contribution in [3.63, 3.8) is 0 Å². The summed E-state index contributed by atoms with van der Waals surface area (Å²) in [5.74, 6) is -0.520. The predicted octanol–water partition coefficient (Wildman–Crippen LogP) is 0.100. The van der Waals surface area contributed by atoms with Gasteiger partial charge in [0.15, 0.2) is 0 Å². The molecule has 1 amide bonds. The lowest BCUT2D eigenvalue weighted by atomic mass is 9.96. The normalized spacial score (nSPS) is 21.6. The number of carbonyl (C=O) groups is 1. The van der Waals surface area contributed by atoms with E-state index in [0.717, 1.165) is 5.52 Å². The fourth-order valence-electron chi connectivity index (χ4n) is 2.56. The second-order valence-electron chi connectivity index (χ2n) is 4.53. The molecule has 0 saturated carbocycles. The van der Waals surface area contributed by atoms with E-state index in [1.165, 1.54) is 4.57 Å². The number of aliphatic hydroxyl groups excluding tert-OH is 1. The first kappa shape index (κ1) is 12.3. The molecule has 0 bridgehead atoms. The summed E-state index contributed by atoms with van der Waals surface area (Å²) in [6, 6.07) is 4.79. The highest BCUT2D eigenvalue weighted by atomic mass is 35.5. The van der Waals surface area contributed by atoms with Gasteiger partial charge in [0, 0.05) is 5.56 Å². The van der Waals surface area contributed by atoms with Crippen molar-refractivity contribution in [3.8, 4) is 0 Å². The van der Waals surface area contributed by atoms with Gasteiger partial charge in [-0.1, -0.05) is 12.1 Å². The Morgan fingerprint density at radius 3 is 3.11 bits per heavy atom. The first-order valence-electron chi connectivity index (χ1n) is 5.86. The maximum Gasteiger partial charge on any atom is 0.326 e. The predicted molar refractivity (Wildman–Crippen MR) is 70.2 cm³/mol. The minimum absolute atomic E-state index is 0.142. The van der Waals surface area contributed by atoms with Crippen molar-refractivity contribution in [1.29, 1.82) is 0 Å². The third kappa shape index (κ3) is 1.84. The van der Waals surface area contributed by atoms with Crippen molar-refractivity contribution in [1.82, 2.24) is 14.9 Å². The summed E-state index contributed by atoms with van der Waals surface area (Å²) in [4.78, 5) is 25.9. The van der Waals surface area contributed by atoms with E-state index in [1.54, 1.807) is 18.2 Å². The molecule has 3 N–H and O–H groups in total. The number of rotatable bonds is 2. The molecular formula is C12H12ClN3O3. The minimum atomic E-state index is -0.862. The van der Waals surface area contributed by atoms with Crippen LogP contribution in [0.5, 0.6) is 0 Å². The Bertz CT molecular complexity index is 706. The van der Waals surface area contributed by atoms with Crippen LogP contribution in [0.3, 0.4) is 0 Å². The summed E-state index contributed by atoms with van der Waals surface area (Å²) >= 11 is 5.47. The number of alkyl halides is 1. The van der Waals surface area contributed by atoms with Crippen LogP contribution in [0.25, 0.3) is 11.0 Å². The van der Waals surface area contributed by atoms with Crippen LogP contribution in [0, 0.1) is 0 Å². The molecule has 2 atom stereocenters. The molecule has 1 aliphatic heterocycles. The summed E-state index contributed by atoms with van der Waals surface area (Å²) < 4.78 is 1.48. The fourth-order valence-corrected chi connectivity index (χ4v) is 2.64. The number of amides is 1. The minimum Gasteiger partial charge on any atom is -0.389 e. The van der Waals surface area contributed by atoms with Gasteiger partial charge in [-0.3, -0.25) is 9.36 Å². The Balaban J connectivity index is 2.17. The number of aromatic amines is 1. The summed E-state index contributed by atoms with van der Waals surface area (Å²) in [5.41, 5.74) is 1.87. The molecule has 0 spiro atoms. The number of carbonyl (C=O) groups excluding carboxylic acids is 1. The van der Waals surface area contributed by atoms with Crippen molar-refractivity contribution < 1.29 is 9.90 Å². The highest BCUT2D eigenvalue weighted by molar-refractivity contribution is 6.27. The zero-order valence-electron chi connectivity index (χ0n) is 9.89. The van der Waals surface area contributed by atoms with E-state index in [9.17, 15) is 14.7 Å². The smallest absolute Gasteiger partial charge is 0.326 e. The molecule has 2 aromatic rings. The van der Waals surface area contributed by atoms with Crippen LogP contribution in [-0.4, -0.2) is 32.5 Å². The number of H-pyrrole nitrogens is 1. The van der Waals surface area contributed by atoms with E-state index in [4.69, 9.17) is 11.6 Å². The molecule has 1 aliphatic rings. The van der Waals surface area contributed by atoms with Crippen molar-refractivity contribution >= 4 is 28.5 Å². The van der Waals surface area contributed by atoms with Gasteiger partial charge >= 0.3 is 5.69 Å². The average Bonchev–Trinajstić information content (AvgIpc) is 2.71. The zero-order chi connectivity index (χ0) is 13.6. The van der Waals surface area contributed by atoms with Crippen LogP contribution < -0.4 is 11.0 Å². The Morgan fingerprint density at radius 2 is 2.37 bits per heavy atom. The van der Waals surface area contributed by atoms with Gasteiger partial charge < -0.3 is 15.4 Å². The molecule has 3 rings (SSSR count). The SMILES string of the molecule is O=C(CCl)N[C@@H]1c2cccc3[nH]c(=O)n(c23)C[C@H]1O. The summed E-state index contributed by atoms with van der Waals surface area (Å²) in [5, 5.41) is 12.8. The topological polar surface area (TPSA) is 87.1 Å². The molecule has 0 unspecified atom stereocenters. The molecule has 2 heterocycles. The van der Waals surface area contributed by atoms with Crippen LogP contribution in [0.1, 0.15) is 11.6 Å². The highest BCUT2D eigenvalue weighted by Crippen LogP contribution is 2.30. The van der Waals surface area contributed by atoms with E-state index in [-0.39, 0.29) is 24.0 Å². The van der Waals surface area contributed by atoms with Crippen LogP contribution in [0.2, 0.25) is 0 Å². The van der Waals surface area contributed by atoms with E-state index in [0.29, 0.717) is 11.1 Å². The van der Waals surface area contributed by atoms with E-state index in [2.05, 4.69) is 10.3 Å². The van der Waals surface area contributed by atoms with Gasteiger partial charge in [0.2, 0.25) is 5.91 Å². The number of aromatic nitrogens is 2. The van der Waals surface area contributed by atoms with Crippen molar-refractivity contribution in [2.24, 2.45) is 0 Å². The first-order valence-corrected chi connectivity index (χ1v) is 6.40. The monoisotopic (exact) mass is 281 g/mol. The van der Waals surface area contributed by atoms with Crippen molar-refractivity contribution in [3.05, 3.63) is 34.2 Å². The van der Waals surface area contributed by atoms with Gasteiger partial charge in [-0.2, -0.15) is 0 Å². The molecule has 100 valence electrons. The maximum atomic E-state index is 11.8. The third-order valence-electron chi connectivity index (χ3n) is 3.35. The van der Waals surface area contributed by atoms with Crippen LogP contribution in [-0.2, 0) is 11.3 Å². The highest BCUT2D eigenvalue weighted by Gasteiger charge is 2.31. The molecule has 6 nitrogen and oxygen atoms in total. The van der Waals surface area contributed by atoms with Gasteiger partial charge in [0.25, 0.3) is 0 Å². The van der Waals surface area contributed by atoms with Crippen molar-refractivity contribution in [2.75, 3.05) is 5.88 Å². The molecule has 1 aromatic heterocycles. The number of hydrogen-bond acceptors (Lipinski definition) is 3. The van der Waals surface area contributed by atoms with Gasteiger partial charge in [0.1, 0.15) is 5.88 Å². The lowest BCUT2D eigenvalue weighted by Gasteiger charge is -2.29. The number of halogens is 1. The first-order chi connectivity index (χ1) is 9.11. The maximum absolute atomic E-state index is 11.8. The summed E-state index contributed by atoms with van der Waals surface area (Å²) in [6.07, 6.45) is -0.862. The zero-order valence-corrected chi connectivity index (χ0v) is 10.6. The van der Waals surface area contributed by atoms with E-state index < -0.39 is 12.1 Å². The molecule has 19 heavy (non-hydrogen) atoms. The van der Waals surface area contributed by atoms with Crippen LogP contribution in [0.4, 0.5) is 0 Å². The Kier molecular flexibility index (Phi) is 2.83. The fraction of sp³-hybridized carbons (Fsp3) is 0.333. The third-order valence-corrected chi connectivity index (χ3v) is 3.59. The van der Waals surface area contributed by atoms with Crippen molar-refractivity contribution in [2.45, 2.75) is 18.7 Å². The number of nitrogens with one attached hydrogen (secondary N) is 2. The van der Waals surface area contributed by atoms with E-state index >= 15 is 0 Å². The Labute approximate surface area is 113 Å². The van der Waals surface area contributed by atoms with Gasteiger partial charge in [-0.15, -0.1) is 11.6 Å². The standard InChI is InChI=1S/C12H12ClN3O3/c13-4-9(18)15-10-6-2-1-3-7-11(6)16(5-8(10)17)12(19)14-7/h1-3,8,10,17H,4-5H2,(H,14,19)(H,15,18)/t8-,10-/m1/s1. The van der Waals surface area contributed by atoms with E-state index in [1.807, 2.05) is 0 Å². The molecule has 1 aromatic carbocycles. The molecular weight excluding hydrogens is 270 g/mol. The number of imidazole rings is 1. The summed E-state index contributed by atoms with van der Waals surface area (Å²) in [6.45, 7) is 0.142. The molecule has 0 saturated heterocycles. The largest absolute Gasteiger partial charge is 0.389 e. The average molecular weight is 282 g/mol. The van der Waals surface area contributed by atoms with Gasteiger partial charge in [0.05, 0.1) is 29.7 Å². The quantitative estimate of drug-likeness (QED) is 0.682. The second-order valence-corrected chi connectivity index (χ2v) is 4.80. The molecule has 0 aliphatic carbocycles. The molecule has 7 heteroatoms. The number of benzene rings is 1. The Morgan fingerprint density at radius 1 is 1.58 bits per heavy atom.